The Morgan fingerprint density at radius 1 is 0.764 bits per heavy atom. The van der Waals surface area contributed by atoms with Crippen molar-refractivity contribution in [3.63, 3.8) is 0 Å². The van der Waals surface area contributed by atoms with Crippen molar-refractivity contribution in [2.75, 3.05) is 84.6 Å². The first-order valence-corrected chi connectivity index (χ1v) is 24.1. The molecule has 0 saturated carbocycles. The predicted octanol–water partition coefficient (Wildman–Crippen LogP) is 8.64. The van der Waals surface area contributed by atoms with Gasteiger partial charge in [0, 0.05) is 42.4 Å². The second-order valence-corrected chi connectivity index (χ2v) is 17.6. The van der Waals surface area contributed by atoms with E-state index >= 15 is 0 Å². The van der Waals surface area contributed by atoms with Crippen LogP contribution in [0, 0.1) is 6.92 Å². The first-order chi connectivity index (χ1) is 34.8. The highest BCUT2D eigenvalue weighted by Gasteiger charge is 2.28. The van der Waals surface area contributed by atoms with Crippen LogP contribution in [0.3, 0.4) is 0 Å². The lowest BCUT2D eigenvalue weighted by Gasteiger charge is -2.27. The molecule has 0 spiro atoms. The van der Waals surface area contributed by atoms with Crippen LogP contribution in [-0.4, -0.2) is 120 Å². The molecule has 0 unspecified atom stereocenters. The zero-order valence-electron chi connectivity index (χ0n) is 41.9. The summed E-state index contributed by atoms with van der Waals surface area (Å²) in [5, 5.41) is 11.2. The summed E-state index contributed by atoms with van der Waals surface area (Å²) < 4.78 is 38.9. The van der Waals surface area contributed by atoms with Gasteiger partial charge in [0.1, 0.15) is 29.8 Å². The molecule has 72 heavy (non-hydrogen) atoms. The third kappa shape index (κ3) is 19.3. The van der Waals surface area contributed by atoms with Gasteiger partial charge in [0.2, 0.25) is 11.8 Å². The van der Waals surface area contributed by atoms with Crippen molar-refractivity contribution in [2.45, 2.75) is 71.1 Å². The maximum atomic E-state index is 14.3. The van der Waals surface area contributed by atoms with Crippen molar-refractivity contribution >= 4 is 40.5 Å². The van der Waals surface area contributed by atoms with E-state index in [1.807, 2.05) is 104 Å². The van der Waals surface area contributed by atoms with Crippen molar-refractivity contribution in [3.8, 4) is 16.9 Å². The number of rotatable bonds is 30. The van der Waals surface area contributed by atoms with Crippen LogP contribution in [0.5, 0.6) is 5.75 Å². The van der Waals surface area contributed by atoms with Crippen LogP contribution in [0.4, 0.5) is 10.6 Å². The van der Waals surface area contributed by atoms with E-state index in [0.29, 0.717) is 83.1 Å². The molecule has 0 fully saturated rings. The summed E-state index contributed by atoms with van der Waals surface area (Å²) in [6.45, 7) is 11.3. The van der Waals surface area contributed by atoms with Gasteiger partial charge in [0.15, 0.2) is 0 Å². The number of nitrogens with one attached hydrogen (secondary N) is 2. The first kappa shape index (κ1) is 55.8. The number of carbonyl (C=O) groups is 4. The second-order valence-electron chi connectivity index (χ2n) is 17.6. The summed E-state index contributed by atoms with van der Waals surface area (Å²) in [6, 6.07) is 30.7. The van der Waals surface area contributed by atoms with E-state index in [0.717, 1.165) is 33.0 Å². The number of nitrogens with zero attached hydrogens (tertiary/aromatic N) is 5. The van der Waals surface area contributed by atoms with E-state index in [1.54, 1.807) is 33.0 Å². The van der Waals surface area contributed by atoms with Crippen molar-refractivity contribution in [2.24, 2.45) is 5.11 Å². The Morgan fingerprint density at radius 3 is 2.04 bits per heavy atom. The van der Waals surface area contributed by atoms with Gasteiger partial charge in [0.05, 0.1) is 72.4 Å². The monoisotopic (exact) mass is 989 g/mol. The molecule has 18 heteroatoms. The minimum absolute atomic E-state index is 0.00373. The SMILES string of the molecule is COC(=O)C[C@H](NC(=O)[C@H](Cc1ccccc1)NC(=O)CCCN(C(=O)OC(C)(C)C)c1cc(C)ccn1)c1ccc(-c2ccc(OCCOCCOCCOCCOCCN=[N+]=[N-])c3ccccc23)cc1. The van der Waals surface area contributed by atoms with E-state index in [9.17, 15) is 19.2 Å². The van der Waals surface area contributed by atoms with Crippen LogP contribution in [0.2, 0.25) is 0 Å². The number of esters is 1. The lowest BCUT2D eigenvalue weighted by atomic mass is 9.95. The van der Waals surface area contributed by atoms with Gasteiger partial charge >= 0.3 is 12.1 Å². The molecule has 0 aliphatic carbocycles. The minimum atomic E-state index is -0.995. The van der Waals surface area contributed by atoms with Gasteiger partial charge in [-0.25, -0.2) is 9.78 Å². The summed E-state index contributed by atoms with van der Waals surface area (Å²) in [5.74, 6) is -0.271. The predicted molar refractivity (Wildman–Crippen MR) is 274 cm³/mol. The van der Waals surface area contributed by atoms with Crippen LogP contribution in [0.25, 0.3) is 32.3 Å². The molecule has 1 aromatic heterocycles. The highest BCUT2D eigenvalue weighted by Crippen LogP contribution is 2.35. The van der Waals surface area contributed by atoms with E-state index in [1.165, 1.54) is 12.0 Å². The van der Waals surface area contributed by atoms with Gasteiger partial charge in [0.25, 0.3) is 0 Å². The molecule has 2 atom stereocenters. The largest absolute Gasteiger partial charge is 0.491 e. The molecule has 2 N–H and O–H groups in total. The molecule has 4 aromatic carbocycles. The Labute approximate surface area is 421 Å². The average molecular weight is 990 g/mol. The molecular weight excluding hydrogens is 923 g/mol. The lowest BCUT2D eigenvalue weighted by molar-refractivity contribution is -0.141. The summed E-state index contributed by atoms with van der Waals surface area (Å²) in [5.41, 5.74) is 11.8. The van der Waals surface area contributed by atoms with E-state index in [-0.39, 0.29) is 38.1 Å². The molecule has 384 valence electrons. The van der Waals surface area contributed by atoms with Gasteiger partial charge in [-0.2, -0.15) is 0 Å². The number of carbonyl (C=O) groups excluding carboxylic acids is 4. The minimum Gasteiger partial charge on any atom is -0.491 e. The Balaban J connectivity index is 1.19. The number of aromatic nitrogens is 1. The molecule has 0 saturated heterocycles. The number of aryl methyl sites for hydroxylation is 1. The van der Waals surface area contributed by atoms with Crippen molar-refractivity contribution in [1.82, 2.24) is 15.6 Å². The van der Waals surface area contributed by atoms with Gasteiger partial charge in [-0.1, -0.05) is 90.0 Å². The number of fused-ring (bicyclic) bond motifs is 1. The average Bonchev–Trinajstić information content (AvgIpc) is 3.36. The molecular formula is C54H67N7O11. The molecule has 3 amide bonds. The number of ether oxygens (including phenoxy) is 7. The topological polar surface area (TPSA) is 222 Å². The normalized spacial score (nSPS) is 12.0. The smallest absolute Gasteiger partial charge is 0.416 e. The summed E-state index contributed by atoms with van der Waals surface area (Å²) in [7, 11) is 1.29. The maximum Gasteiger partial charge on any atom is 0.416 e. The number of azide groups is 1. The number of hydrogen-bond acceptors (Lipinski definition) is 13. The molecule has 0 aliphatic heterocycles. The fourth-order valence-corrected chi connectivity index (χ4v) is 7.45. The van der Waals surface area contributed by atoms with Crippen LogP contribution in [0.1, 0.15) is 62.8 Å². The molecule has 1 heterocycles. The summed E-state index contributed by atoms with van der Waals surface area (Å²) >= 11 is 0. The Bertz CT molecular complexity index is 2530. The summed E-state index contributed by atoms with van der Waals surface area (Å²) in [4.78, 5) is 62.4. The van der Waals surface area contributed by atoms with E-state index < -0.39 is 35.7 Å². The van der Waals surface area contributed by atoms with Gasteiger partial charge < -0.3 is 43.8 Å². The fourth-order valence-electron chi connectivity index (χ4n) is 7.45. The van der Waals surface area contributed by atoms with Gasteiger partial charge in [-0.05, 0) is 91.0 Å². The molecule has 5 aromatic rings. The molecule has 18 nitrogen and oxygen atoms in total. The standard InChI is InChI=1S/C54H67N7O11/c1-39-23-24-56-49(36-39)61(53(65)72-54(2,3)4)26-11-16-50(62)58-47(37-40-12-7-6-8-13-40)52(64)59-46(38-51(63)66-5)42-19-17-41(18-20-42)43-21-22-48(45-15-10-9-14-44(43)45)71-35-34-70-33-32-69-31-30-68-29-28-67-27-25-57-60-55/h6-10,12-15,17-24,36,46-47H,11,16,25-35,37-38H2,1-5H3,(H,58,62)(H,59,64)/t46-,47-/m0/s1. The Hall–Kier alpha value is -7.08. The van der Waals surface area contributed by atoms with Crippen LogP contribution < -0.4 is 20.3 Å². The molecule has 0 radical (unpaired) electrons. The Kier molecular flexibility index (Phi) is 23.2. The summed E-state index contributed by atoms with van der Waals surface area (Å²) in [6.07, 6.45) is 1.33. The highest BCUT2D eigenvalue weighted by atomic mass is 16.6. The highest BCUT2D eigenvalue weighted by molar-refractivity contribution is 6.00. The number of benzene rings is 4. The van der Waals surface area contributed by atoms with Crippen LogP contribution >= 0.6 is 0 Å². The number of anilines is 1. The van der Waals surface area contributed by atoms with E-state index in [2.05, 4.69) is 25.6 Å². The van der Waals surface area contributed by atoms with E-state index in [4.69, 9.17) is 38.7 Å². The zero-order valence-corrected chi connectivity index (χ0v) is 41.9. The number of amides is 3. The first-order valence-electron chi connectivity index (χ1n) is 24.1. The van der Waals surface area contributed by atoms with Crippen molar-refractivity contribution < 1.29 is 52.3 Å². The number of methoxy groups -OCH3 is 1. The number of pyridine rings is 1. The third-order valence-corrected chi connectivity index (χ3v) is 10.9. The van der Waals surface area contributed by atoms with Gasteiger partial charge in [-0.3, -0.25) is 19.3 Å². The van der Waals surface area contributed by atoms with Gasteiger partial charge in [-0.15, -0.1) is 0 Å². The fraction of sp³-hybridized carbons (Fsp3) is 0.426. The zero-order chi connectivity index (χ0) is 51.6. The maximum absolute atomic E-state index is 14.3. The number of hydrogen-bond donors (Lipinski definition) is 2. The second kappa shape index (κ2) is 29.9. The van der Waals surface area contributed by atoms with Crippen LogP contribution in [0.15, 0.2) is 114 Å². The Morgan fingerprint density at radius 2 is 1.40 bits per heavy atom. The third-order valence-electron chi connectivity index (χ3n) is 10.9. The van der Waals surface area contributed by atoms with Crippen LogP contribution in [-0.2, 0) is 49.2 Å². The molecule has 0 bridgehead atoms. The molecule has 5 rings (SSSR count). The quantitative estimate of drug-likeness (QED) is 0.0145. The van der Waals surface area contributed by atoms with Crippen molar-refractivity contribution in [1.29, 1.82) is 0 Å². The van der Waals surface area contributed by atoms with Crippen molar-refractivity contribution in [3.05, 3.63) is 136 Å². The molecule has 0 aliphatic rings. The lowest BCUT2D eigenvalue weighted by Crippen LogP contribution is -2.49.